The van der Waals surface area contributed by atoms with E-state index in [-0.39, 0.29) is 0 Å². The van der Waals surface area contributed by atoms with E-state index in [0.29, 0.717) is 25.9 Å². The molecular formula is C13H21NO3. The Hall–Kier alpha value is -1.29. The van der Waals surface area contributed by atoms with Crippen molar-refractivity contribution in [3.63, 3.8) is 0 Å². The molecule has 0 saturated heterocycles. The van der Waals surface area contributed by atoms with Crippen LogP contribution in [-0.4, -0.2) is 29.6 Å². The first-order valence-electron chi connectivity index (χ1n) is 5.98. The number of carboxylic acids is 1. The molecule has 0 unspecified atom stereocenters. The molecular weight excluding hydrogens is 218 g/mol. The average Bonchev–Trinajstić information content (AvgIpc) is 2.78. The van der Waals surface area contributed by atoms with E-state index in [1.165, 1.54) is 0 Å². The zero-order chi connectivity index (χ0) is 12.9. The number of hydrogen-bond acceptors (Lipinski definition) is 3. The SMILES string of the molecule is CCC(CC)(CN(C)Cc1ccco1)C(=O)O. The molecule has 17 heavy (non-hydrogen) atoms. The monoisotopic (exact) mass is 239 g/mol. The van der Waals surface area contributed by atoms with Crippen LogP contribution in [0.1, 0.15) is 32.4 Å². The molecule has 0 saturated carbocycles. The van der Waals surface area contributed by atoms with Crippen molar-refractivity contribution in [3.05, 3.63) is 24.2 Å². The maximum Gasteiger partial charge on any atom is 0.310 e. The Kier molecular flexibility index (Phi) is 4.75. The first-order valence-corrected chi connectivity index (χ1v) is 5.98. The molecule has 0 radical (unpaired) electrons. The lowest BCUT2D eigenvalue weighted by atomic mass is 9.82. The van der Waals surface area contributed by atoms with Crippen molar-refractivity contribution >= 4 is 5.97 Å². The zero-order valence-corrected chi connectivity index (χ0v) is 10.8. The molecule has 4 heteroatoms. The number of carbonyl (C=O) groups is 1. The Labute approximate surface area is 102 Å². The summed E-state index contributed by atoms with van der Waals surface area (Å²) in [5, 5.41) is 9.35. The molecule has 0 aliphatic rings. The van der Waals surface area contributed by atoms with E-state index in [2.05, 4.69) is 0 Å². The Morgan fingerprint density at radius 3 is 2.53 bits per heavy atom. The number of hydrogen-bond donors (Lipinski definition) is 1. The fourth-order valence-corrected chi connectivity index (χ4v) is 2.08. The number of rotatable bonds is 7. The Morgan fingerprint density at radius 1 is 1.47 bits per heavy atom. The summed E-state index contributed by atoms with van der Waals surface area (Å²) < 4.78 is 5.26. The minimum absolute atomic E-state index is 0.538. The highest BCUT2D eigenvalue weighted by Gasteiger charge is 2.35. The molecule has 0 amide bonds. The van der Waals surface area contributed by atoms with Gasteiger partial charge in [-0.1, -0.05) is 13.8 Å². The minimum atomic E-state index is -0.714. The second-order valence-electron chi connectivity index (χ2n) is 4.54. The van der Waals surface area contributed by atoms with Gasteiger partial charge in [0.2, 0.25) is 0 Å². The van der Waals surface area contributed by atoms with Crippen LogP contribution in [0.25, 0.3) is 0 Å². The van der Waals surface area contributed by atoms with Crippen LogP contribution in [0.4, 0.5) is 0 Å². The van der Waals surface area contributed by atoms with Crippen molar-refractivity contribution in [3.8, 4) is 0 Å². The summed E-state index contributed by atoms with van der Waals surface area (Å²) in [6, 6.07) is 3.74. The van der Waals surface area contributed by atoms with Crippen molar-refractivity contribution in [2.45, 2.75) is 33.2 Å². The zero-order valence-electron chi connectivity index (χ0n) is 10.8. The summed E-state index contributed by atoms with van der Waals surface area (Å²) in [5.41, 5.74) is -0.651. The highest BCUT2D eigenvalue weighted by Crippen LogP contribution is 2.28. The summed E-state index contributed by atoms with van der Waals surface area (Å²) in [4.78, 5) is 13.4. The van der Waals surface area contributed by atoms with Gasteiger partial charge in [-0.3, -0.25) is 9.69 Å². The second-order valence-corrected chi connectivity index (χ2v) is 4.54. The van der Waals surface area contributed by atoms with Crippen LogP contribution >= 0.6 is 0 Å². The van der Waals surface area contributed by atoms with E-state index >= 15 is 0 Å². The van der Waals surface area contributed by atoms with Crippen LogP contribution in [0.2, 0.25) is 0 Å². The first kappa shape index (κ1) is 13.8. The van der Waals surface area contributed by atoms with Crippen LogP contribution in [0.5, 0.6) is 0 Å². The number of aliphatic carboxylic acids is 1. The molecule has 0 spiro atoms. The highest BCUT2D eigenvalue weighted by atomic mass is 16.4. The Balaban J connectivity index is 2.64. The van der Waals surface area contributed by atoms with Crippen molar-refractivity contribution in [1.82, 2.24) is 4.90 Å². The Bertz CT molecular complexity index is 342. The molecule has 0 aromatic carbocycles. The number of carboxylic acid groups (broad SMARTS) is 1. The van der Waals surface area contributed by atoms with Gasteiger partial charge in [0.25, 0.3) is 0 Å². The third-order valence-electron chi connectivity index (χ3n) is 3.39. The summed E-state index contributed by atoms with van der Waals surface area (Å²) in [6.07, 6.45) is 2.91. The van der Waals surface area contributed by atoms with Gasteiger partial charge in [-0.15, -0.1) is 0 Å². The second kappa shape index (κ2) is 5.87. The van der Waals surface area contributed by atoms with Crippen molar-refractivity contribution in [2.24, 2.45) is 5.41 Å². The van der Waals surface area contributed by atoms with E-state index in [4.69, 9.17) is 4.42 Å². The van der Waals surface area contributed by atoms with Crippen molar-refractivity contribution < 1.29 is 14.3 Å². The standard InChI is InChI=1S/C13H21NO3/c1-4-13(5-2,12(15)16)10-14(3)9-11-7-6-8-17-11/h6-8H,4-5,9-10H2,1-3H3,(H,15,16). The normalized spacial score (nSPS) is 12.0. The minimum Gasteiger partial charge on any atom is -0.481 e. The quantitative estimate of drug-likeness (QED) is 0.794. The van der Waals surface area contributed by atoms with E-state index in [9.17, 15) is 9.90 Å². The van der Waals surface area contributed by atoms with E-state index in [1.54, 1.807) is 6.26 Å². The molecule has 1 N–H and O–H groups in total. The average molecular weight is 239 g/mol. The third-order valence-corrected chi connectivity index (χ3v) is 3.39. The van der Waals surface area contributed by atoms with E-state index < -0.39 is 11.4 Å². The molecule has 0 aliphatic heterocycles. The van der Waals surface area contributed by atoms with Crippen molar-refractivity contribution in [2.75, 3.05) is 13.6 Å². The molecule has 0 bridgehead atoms. The maximum atomic E-state index is 11.4. The van der Waals surface area contributed by atoms with E-state index in [0.717, 1.165) is 5.76 Å². The first-order chi connectivity index (χ1) is 8.04. The topological polar surface area (TPSA) is 53.7 Å². The molecule has 1 rings (SSSR count). The summed E-state index contributed by atoms with van der Waals surface area (Å²) in [5.74, 6) is 0.146. The molecule has 0 aliphatic carbocycles. The lowest BCUT2D eigenvalue weighted by Gasteiger charge is -2.31. The molecule has 1 aromatic rings. The highest BCUT2D eigenvalue weighted by molar-refractivity contribution is 5.74. The van der Waals surface area contributed by atoms with Crippen LogP contribution < -0.4 is 0 Å². The maximum absolute atomic E-state index is 11.4. The predicted octanol–water partition coefficient (Wildman–Crippen LogP) is 2.60. The van der Waals surface area contributed by atoms with Crippen LogP contribution in [0, 0.1) is 5.41 Å². The smallest absolute Gasteiger partial charge is 0.310 e. The van der Waals surface area contributed by atoms with Gasteiger partial charge in [-0.05, 0) is 32.0 Å². The third kappa shape index (κ3) is 3.33. The van der Waals surface area contributed by atoms with Crippen LogP contribution in [0.3, 0.4) is 0 Å². The summed E-state index contributed by atoms with van der Waals surface area (Å²) in [6.45, 7) is 5.04. The van der Waals surface area contributed by atoms with Gasteiger partial charge >= 0.3 is 5.97 Å². The lowest BCUT2D eigenvalue weighted by molar-refractivity contribution is -0.150. The molecule has 1 heterocycles. The van der Waals surface area contributed by atoms with Gasteiger partial charge in [-0.2, -0.15) is 0 Å². The molecule has 0 fully saturated rings. The van der Waals surface area contributed by atoms with Crippen molar-refractivity contribution in [1.29, 1.82) is 0 Å². The van der Waals surface area contributed by atoms with E-state index in [1.807, 2.05) is 37.9 Å². The van der Waals surface area contributed by atoms with Gasteiger partial charge in [0.1, 0.15) is 5.76 Å². The molecule has 0 atom stereocenters. The lowest BCUT2D eigenvalue weighted by Crippen LogP contribution is -2.40. The summed E-state index contributed by atoms with van der Waals surface area (Å²) >= 11 is 0. The number of nitrogens with zero attached hydrogens (tertiary/aromatic N) is 1. The predicted molar refractivity (Wildman–Crippen MR) is 65.7 cm³/mol. The van der Waals surface area contributed by atoms with Crippen LogP contribution in [-0.2, 0) is 11.3 Å². The fraction of sp³-hybridized carbons (Fsp3) is 0.615. The molecule has 1 aromatic heterocycles. The number of furan rings is 1. The van der Waals surface area contributed by atoms with Gasteiger partial charge in [0.15, 0.2) is 0 Å². The summed E-state index contributed by atoms with van der Waals surface area (Å²) in [7, 11) is 1.92. The fourth-order valence-electron chi connectivity index (χ4n) is 2.08. The molecule has 4 nitrogen and oxygen atoms in total. The van der Waals surface area contributed by atoms with Gasteiger partial charge < -0.3 is 9.52 Å². The Morgan fingerprint density at radius 2 is 2.12 bits per heavy atom. The van der Waals surface area contributed by atoms with Gasteiger partial charge in [0, 0.05) is 6.54 Å². The van der Waals surface area contributed by atoms with Gasteiger partial charge in [0.05, 0.1) is 18.2 Å². The van der Waals surface area contributed by atoms with Gasteiger partial charge in [-0.25, -0.2) is 0 Å². The van der Waals surface area contributed by atoms with Crippen LogP contribution in [0.15, 0.2) is 22.8 Å². The molecule has 96 valence electrons. The largest absolute Gasteiger partial charge is 0.481 e.